The molecule has 2 N–H and O–H groups in total. The molecule has 3 heteroatoms. The van der Waals surface area contributed by atoms with E-state index in [0.29, 0.717) is 0 Å². The summed E-state index contributed by atoms with van der Waals surface area (Å²) in [6, 6.07) is 0. The monoisotopic (exact) mass is 322 g/mol. The molecule has 0 spiro atoms. The molecule has 0 aromatic carbocycles. The van der Waals surface area contributed by atoms with Crippen molar-refractivity contribution in [2.24, 2.45) is 0 Å². The standard InChI is InChI=1S/C20H38N2O/c1-3-4-5-6-7-8-9-10-11-12-13-14-15-16-20-21-17-18-22(20)19(2)23/h13-14,17-21,23H,3-12,15-16H2,1-2H3/b14-13+. The highest BCUT2D eigenvalue weighted by atomic mass is 16.3. The molecular formula is C20H38N2O. The average molecular weight is 323 g/mol. The van der Waals surface area contributed by atoms with Gasteiger partial charge in [0.15, 0.2) is 0 Å². The quantitative estimate of drug-likeness (QED) is 0.337. The Labute approximate surface area is 143 Å². The second kappa shape index (κ2) is 13.5. The molecule has 0 fully saturated rings. The van der Waals surface area contributed by atoms with E-state index in [1.54, 1.807) is 0 Å². The molecule has 0 bridgehead atoms. The smallest absolute Gasteiger partial charge is 0.125 e. The summed E-state index contributed by atoms with van der Waals surface area (Å²) in [5, 5.41) is 12.9. The molecule has 0 aromatic rings. The second-order valence-corrected chi connectivity index (χ2v) is 6.74. The maximum Gasteiger partial charge on any atom is 0.125 e. The van der Waals surface area contributed by atoms with Crippen molar-refractivity contribution < 1.29 is 5.11 Å². The van der Waals surface area contributed by atoms with Gasteiger partial charge in [0.2, 0.25) is 0 Å². The van der Waals surface area contributed by atoms with Gasteiger partial charge in [-0.25, -0.2) is 0 Å². The maximum atomic E-state index is 9.64. The third kappa shape index (κ3) is 9.70. The summed E-state index contributed by atoms with van der Waals surface area (Å²) < 4.78 is 0. The van der Waals surface area contributed by atoms with Crippen LogP contribution in [0.5, 0.6) is 0 Å². The summed E-state index contributed by atoms with van der Waals surface area (Å²) in [5.74, 6) is 0. The largest absolute Gasteiger partial charge is 0.374 e. The third-order valence-corrected chi connectivity index (χ3v) is 4.57. The van der Waals surface area contributed by atoms with E-state index >= 15 is 0 Å². The van der Waals surface area contributed by atoms with Crippen LogP contribution in [0.15, 0.2) is 24.6 Å². The lowest BCUT2D eigenvalue weighted by Crippen LogP contribution is -2.40. The molecular weight excluding hydrogens is 284 g/mol. The van der Waals surface area contributed by atoms with Crippen LogP contribution in [0.2, 0.25) is 0 Å². The molecule has 2 unspecified atom stereocenters. The number of rotatable bonds is 14. The number of nitrogens with zero attached hydrogens (tertiary/aromatic N) is 1. The van der Waals surface area contributed by atoms with E-state index in [-0.39, 0.29) is 6.17 Å². The molecule has 0 aliphatic carbocycles. The Morgan fingerprint density at radius 1 is 1.00 bits per heavy atom. The van der Waals surface area contributed by atoms with Crippen molar-refractivity contribution in [1.82, 2.24) is 10.2 Å². The number of hydrogen-bond acceptors (Lipinski definition) is 3. The van der Waals surface area contributed by atoms with Crippen molar-refractivity contribution >= 4 is 0 Å². The fourth-order valence-corrected chi connectivity index (χ4v) is 3.11. The summed E-state index contributed by atoms with van der Waals surface area (Å²) in [4.78, 5) is 1.97. The van der Waals surface area contributed by atoms with Gasteiger partial charge < -0.3 is 15.3 Å². The Hall–Kier alpha value is -0.960. The number of aliphatic hydroxyl groups is 1. The van der Waals surface area contributed by atoms with Gasteiger partial charge in [0.25, 0.3) is 0 Å². The third-order valence-electron chi connectivity index (χ3n) is 4.57. The molecule has 1 rings (SSSR count). The number of aliphatic hydroxyl groups excluding tert-OH is 1. The zero-order chi connectivity index (χ0) is 16.8. The van der Waals surface area contributed by atoms with Gasteiger partial charge in [0.1, 0.15) is 12.4 Å². The second-order valence-electron chi connectivity index (χ2n) is 6.74. The molecule has 2 atom stereocenters. The van der Waals surface area contributed by atoms with Gasteiger partial charge in [-0.3, -0.25) is 0 Å². The van der Waals surface area contributed by atoms with Crippen molar-refractivity contribution in [1.29, 1.82) is 0 Å². The first kappa shape index (κ1) is 20.1. The molecule has 0 aromatic heterocycles. The summed E-state index contributed by atoms with van der Waals surface area (Å²) in [6.07, 6.45) is 24.2. The van der Waals surface area contributed by atoms with Crippen molar-refractivity contribution in [2.45, 2.75) is 103 Å². The van der Waals surface area contributed by atoms with Crippen LogP contribution in [-0.2, 0) is 0 Å². The van der Waals surface area contributed by atoms with E-state index in [1.807, 2.05) is 24.2 Å². The first-order valence-corrected chi connectivity index (χ1v) is 9.79. The molecule has 1 aliphatic heterocycles. The van der Waals surface area contributed by atoms with Gasteiger partial charge in [-0.15, -0.1) is 0 Å². The van der Waals surface area contributed by atoms with Crippen LogP contribution in [0, 0.1) is 0 Å². The first-order chi connectivity index (χ1) is 11.3. The SMILES string of the molecule is CCCCCCCCCCC/C=C/CCC1NC=CN1C(C)O. The maximum absolute atomic E-state index is 9.64. The first-order valence-electron chi connectivity index (χ1n) is 9.79. The lowest BCUT2D eigenvalue weighted by molar-refractivity contribution is 0.0264. The van der Waals surface area contributed by atoms with Crippen LogP contribution >= 0.6 is 0 Å². The molecule has 0 radical (unpaired) electrons. The van der Waals surface area contributed by atoms with Crippen LogP contribution in [0.3, 0.4) is 0 Å². The molecule has 0 amide bonds. The number of nitrogens with one attached hydrogen (secondary N) is 1. The highest BCUT2D eigenvalue weighted by Crippen LogP contribution is 2.14. The predicted octanol–water partition coefficient (Wildman–Crippen LogP) is 5.28. The van der Waals surface area contributed by atoms with Crippen LogP contribution in [-0.4, -0.2) is 22.4 Å². The Balaban J connectivity index is 1.87. The lowest BCUT2D eigenvalue weighted by Gasteiger charge is -2.27. The Morgan fingerprint density at radius 3 is 2.26 bits per heavy atom. The van der Waals surface area contributed by atoms with Crippen LogP contribution in [0.25, 0.3) is 0 Å². The fourth-order valence-electron chi connectivity index (χ4n) is 3.11. The van der Waals surface area contributed by atoms with E-state index in [1.165, 1.54) is 64.2 Å². The zero-order valence-corrected chi connectivity index (χ0v) is 15.3. The van der Waals surface area contributed by atoms with Crippen LogP contribution in [0.4, 0.5) is 0 Å². The van der Waals surface area contributed by atoms with Crippen molar-refractivity contribution in [2.75, 3.05) is 0 Å². The van der Waals surface area contributed by atoms with E-state index in [2.05, 4.69) is 24.4 Å². The minimum absolute atomic E-state index is 0.243. The van der Waals surface area contributed by atoms with Gasteiger partial charge in [0, 0.05) is 12.4 Å². The summed E-state index contributed by atoms with van der Waals surface area (Å²) in [7, 11) is 0. The Bertz CT molecular complexity index is 326. The fraction of sp³-hybridized carbons (Fsp3) is 0.800. The molecule has 134 valence electrons. The number of unbranched alkanes of at least 4 members (excludes halogenated alkanes) is 9. The van der Waals surface area contributed by atoms with Gasteiger partial charge >= 0.3 is 0 Å². The van der Waals surface area contributed by atoms with Gasteiger partial charge in [-0.1, -0.05) is 70.4 Å². The minimum Gasteiger partial charge on any atom is -0.374 e. The summed E-state index contributed by atoms with van der Waals surface area (Å²) in [5.41, 5.74) is 0. The highest BCUT2D eigenvalue weighted by Gasteiger charge is 2.20. The molecule has 3 nitrogen and oxygen atoms in total. The molecule has 1 aliphatic rings. The van der Waals surface area contributed by atoms with E-state index in [4.69, 9.17) is 0 Å². The van der Waals surface area contributed by atoms with Crippen LogP contribution < -0.4 is 5.32 Å². The number of allylic oxidation sites excluding steroid dienone is 2. The van der Waals surface area contributed by atoms with Gasteiger partial charge in [-0.2, -0.15) is 0 Å². The van der Waals surface area contributed by atoms with Crippen molar-refractivity contribution in [3.63, 3.8) is 0 Å². The Morgan fingerprint density at radius 2 is 1.61 bits per heavy atom. The summed E-state index contributed by atoms with van der Waals surface area (Å²) in [6.45, 7) is 4.09. The van der Waals surface area contributed by atoms with Gasteiger partial charge in [0.05, 0.1) is 0 Å². The van der Waals surface area contributed by atoms with Crippen LogP contribution in [0.1, 0.15) is 90.9 Å². The zero-order valence-electron chi connectivity index (χ0n) is 15.3. The average Bonchev–Trinajstić information content (AvgIpc) is 3.00. The van der Waals surface area contributed by atoms with Crippen molar-refractivity contribution in [3.05, 3.63) is 24.6 Å². The molecule has 0 saturated heterocycles. The minimum atomic E-state index is -0.419. The lowest BCUT2D eigenvalue weighted by atomic mass is 10.1. The molecule has 23 heavy (non-hydrogen) atoms. The van der Waals surface area contributed by atoms with Crippen molar-refractivity contribution in [3.8, 4) is 0 Å². The topological polar surface area (TPSA) is 35.5 Å². The normalized spacial score (nSPS) is 18.7. The number of hydrogen-bond donors (Lipinski definition) is 2. The van der Waals surface area contributed by atoms with Gasteiger partial charge in [-0.05, 0) is 32.6 Å². The van der Waals surface area contributed by atoms with E-state index in [0.717, 1.165) is 12.8 Å². The molecule has 0 saturated carbocycles. The predicted molar refractivity (Wildman–Crippen MR) is 99.8 cm³/mol. The highest BCUT2D eigenvalue weighted by molar-refractivity contribution is 4.95. The summed E-state index contributed by atoms with van der Waals surface area (Å²) >= 11 is 0. The van der Waals surface area contributed by atoms with E-state index < -0.39 is 6.23 Å². The Kier molecular flexibility index (Phi) is 11.8. The van der Waals surface area contributed by atoms with E-state index in [9.17, 15) is 5.11 Å². The molecule has 1 heterocycles.